The van der Waals surface area contributed by atoms with Crippen LogP contribution in [0.15, 0.2) is 24.3 Å². The molecule has 2 heterocycles. The Morgan fingerprint density at radius 1 is 0.885 bits per heavy atom. The maximum atomic E-state index is 12.9. The van der Waals surface area contributed by atoms with Gasteiger partial charge in [-0.2, -0.15) is 0 Å². The van der Waals surface area contributed by atoms with Crippen LogP contribution in [-0.2, 0) is 17.6 Å². The van der Waals surface area contributed by atoms with E-state index in [0.29, 0.717) is 28.9 Å². The number of ether oxygens (including phenoxy) is 1. The molecule has 0 bridgehead atoms. The van der Waals surface area contributed by atoms with Crippen LogP contribution in [0.5, 0.6) is 0 Å². The number of cyclic esters (lactones) is 1. The van der Waals surface area contributed by atoms with Crippen LogP contribution in [0.25, 0.3) is 11.3 Å². The average Bonchev–Trinajstić information content (AvgIpc) is 2.64. The lowest BCUT2D eigenvalue weighted by molar-refractivity contribution is -0.00502. The Morgan fingerprint density at radius 2 is 1.50 bits per heavy atom. The van der Waals surface area contributed by atoms with E-state index in [0.717, 1.165) is 37.1 Å². The highest BCUT2D eigenvalue weighted by atomic mass is 16.6. The lowest BCUT2D eigenvalue weighted by Gasteiger charge is -2.27. The van der Waals surface area contributed by atoms with E-state index >= 15 is 0 Å². The average molecular weight is 350 g/mol. The first-order chi connectivity index (χ1) is 12.4. The van der Waals surface area contributed by atoms with Crippen molar-refractivity contribution in [1.82, 2.24) is 9.97 Å². The van der Waals surface area contributed by atoms with Crippen molar-refractivity contribution < 1.29 is 14.3 Å². The maximum Gasteiger partial charge on any atom is 0.339 e. The standard InChI is InChI=1S/C21H22N2O3/c1-21(2)12-11-17(24)19-18(22-15-9-5-6-10-16(15)23-19)13-7-3-4-8-14(13)20(25)26-21/h3-4,7-8H,5-6,9-12H2,1-2H3. The van der Waals surface area contributed by atoms with Crippen molar-refractivity contribution in [2.24, 2.45) is 0 Å². The molecular weight excluding hydrogens is 328 g/mol. The van der Waals surface area contributed by atoms with Crippen LogP contribution in [0.3, 0.4) is 0 Å². The van der Waals surface area contributed by atoms with Crippen molar-refractivity contribution in [3.63, 3.8) is 0 Å². The lowest BCUT2D eigenvalue weighted by atomic mass is 9.93. The summed E-state index contributed by atoms with van der Waals surface area (Å²) in [6, 6.07) is 7.19. The number of fused-ring (bicyclic) bond motifs is 4. The van der Waals surface area contributed by atoms with Crippen molar-refractivity contribution in [2.75, 3.05) is 0 Å². The highest BCUT2D eigenvalue weighted by Gasteiger charge is 2.31. The summed E-state index contributed by atoms with van der Waals surface area (Å²) in [6.07, 6.45) is 4.61. The molecule has 0 saturated heterocycles. The Kier molecular flexibility index (Phi) is 4.10. The van der Waals surface area contributed by atoms with Crippen LogP contribution in [0.1, 0.15) is 71.8 Å². The molecule has 134 valence electrons. The van der Waals surface area contributed by atoms with E-state index in [2.05, 4.69) is 0 Å². The summed E-state index contributed by atoms with van der Waals surface area (Å²) in [4.78, 5) is 35.2. The van der Waals surface area contributed by atoms with Gasteiger partial charge in [-0.3, -0.25) is 4.79 Å². The number of benzene rings is 1. The number of ketones is 1. The summed E-state index contributed by atoms with van der Waals surface area (Å²) in [5.74, 6) is -0.424. The number of Topliss-reactive ketones (excluding diaryl/α,β-unsaturated/α-hetero) is 1. The van der Waals surface area contributed by atoms with Gasteiger partial charge in [-0.25, -0.2) is 14.8 Å². The third-order valence-electron chi connectivity index (χ3n) is 5.12. The van der Waals surface area contributed by atoms with Crippen molar-refractivity contribution >= 4 is 11.8 Å². The van der Waals surface area contributed by atoms with Gasteiger partial charge in [-0.1, -0.05) is 18.2 Å². The van der Waals surface area contributed by atoms with Crippen LogP contribution in [0.4, 0.5) is 0 Å². The van der Waals surface area contributed by atoms with E-state index in [1.165, 1.54) is 0 Å². The van der Waals surface area contributed by atoms with E-state index in [1.54, 1.807) is 12.1 Å². The van der Waals surface area contributed by atoms with Gasteiger partial charge in [-0.05, 0) is 52.0 Å². The summed E-state index contributed by atoms with van der Waals surface area (Å²) in [6.45, 7) is 3.67. The van der Waals surface area contributed by atoms with Crippen molar-refractivity contribution in [3.05, 3.63) is 46.9 Å². The monoisotopic (exact) mass is 350 g/mol. The molecule has 2 aliphatic rings. The first-order valence-corrected chi connectivity index (χ1v) is 9.20. The maximum absolute atomic E-state index is 12.9. The summed E-state index contributed by atoms with van der Waals surface area (Å²) >= 11 is 0. The van der Waals surface area contributed by atoms with Crippen molar-refractivity contribution in [3.8, 4) is 11.3 Å². The van der Waals surface area contributed by atoms with Gasteiger partial charge in [0.05, 0.1) is 17.0 Å². The second-order valence-electron chi connectivity index (χ2n) is 7.64. The Hall–Kier alpha value is -2.56. The quantitative estimate of drug-likeness (QED) is 0.673. The SMILES string of the molecule is CC1(C)CCC(=O)c2nc3c(nc2-c2ccccc2C(=O)O1)CCCC3. The Labute approximate surface area is 152 Å². The largest absolute Gasteiger partial charge is 0.456 e. The number of hydrogen-bond acceptors (Lipinski definition) is 5. The second-order valence-corrected chi connectivity index (χ2v) is 7.64. The predicted molar refractivity (Wildman–Crippen MR) is 97.2 cm³/mol. The molecule has 0 saturated carbocycles. The van der Waals surface area contributed by atoms with Gasteiger partial charge in [0.2, 0.25) is 0 Å². The number of aromatic nitrogens is 2. The molecule has 5 heteroatoms. The third kappa shape index (κ3) is 3.02. The topological polar surface area (TPSA) is 69.2 Å². The molecule has 1 aliphatic carbocycles. The minimum Gasteiger partial charge on any atom is -0.456 e. The molecule has 1 aliphatic heterocycles. The number of carbonyl (C=O) groups is 2. The zero-order valence-electron chi connectivity index (χ0n) is 15.2. The molecule has 4 rings (SSSR count). The van der Waals surface area contributed by atoms with E-state index < -0.39 is 5.60 Å². The normalized spacial score (nSPS) is 19.0. The summed E-state index contributed by atoms with van der Waals surface area (Å²) in [5, 5.41) is 0. The molecule has 0 unspecified atom stereocenters. The Bertz CT molecular complexity index is 902. The van der Waals surface area contributed by atoms with Crippen molar-refractivity contribution in [1.29, 1.82) is 0 Å². The fourth-order valence-corrected chi connectivity index (χ4v) is 3.63. The first-order valence-electron chi connectivity index (χ1n) is 9.20. The highest BCUT2D eigenvalue weighted by molar-refractivity contribution is 6.04. The zero-order valence-corrected chi connectivity index (χ0v) is 15.2. The number of aryl methyl sites for hydroxylation is 2. The van der Waals surface area contributed by atoms with Crippen LogP contribution in [-0.4, -0.2) is 27.3 Å². The summed E-state index contributed by atoms with van der Waals surface area (Å²) < 4.78 is 5.68. The molecule has 1 aromatic heterocycles. The molecule has 5 nitrogen and oxygen atoms in total. The van der Waals surface area contributed by atoms with E-state index in [1.807, 2.05) is 26.0 Å². The number of esters is 1. The fraction of sp³-hybridized carbons (Fsp3) is 0.429. The molecular formula is C21H22N2O3. The fourth-order valence-electron chi connectivity index (χ4n) is 3.63. The predicted octanol–water partition coefficient (Wildman–Crippen LogP) is 3.93. The van der Waals surface area contributed by atoms with E-state index in [9.17, 15) is 9.59 Å². The Balaban J connectivity index is 1.96. The van der Waals surface area contributed by atoms with Gasteiger partial charge in [-0.15, -0.1) is 0 Å². The van der Waals surface area contributed by atoms with Crippen LogP contribution < -0.4 is 0 Å². The molecule has 2 aromatic rings. The minimum atomic E-state index is -0.709. The number of carbonyl (C=O) groups excluding carboxylic acids is 2. The van der Waals surface area contributed by atoms with Gasteiger partial charge >= 0.3 is 5.97 Å². The van der Waals surface area contributed by atoms with Crippen LogP contribution in [0.2, 0.25) is 0 Å². The number of nitrogens with zero attached hydrogens (tertiary/aromatic N) is 2. The molecule has 0 amide bonds. The van der Waals surface area contributed by atoms with E-state index in [4.69, 9.17) is 14.7 Å². The van der Waals surface area contributed by atoms with Crippen molar-refractivity contribution in [2.45, 2.75) is 58.0 Å². The number of rotatable bonds is 0. The first kappa shape index (κ1) is 16.9. The lowest BCUT2D eigenvalue weighted by Crippen LogP contribution is -2.30. The van der Waals surface area contributed by atoms with Gasteiger partial charge in [0.1, 0.15) is 17.0 Å². The van der Waals surface area contributed by atoms with E-state index in [-0.39, 0.29) is 18.2 Å². The van der Waals surface area contributed by atoms with Crippen LogP contribution in [0, 0.1) is 0 Å². The Morgan fingerprint density at radius 3 is 2.19 bits per heavy atom. The minimum absolute atomic E-state index is 0.0401. The summed E-state index contributed by atoms with van der Waals surface area (Å²) in [5.41, 5.74) is 3.13. The molecule has 0 spiro atoms. The molecule has 0 radical (unpaired) electrons. The van der Waals surface area contributed by atoms with Gasteiger partial charge in [0, 0.05) is 12.0 Å². The molecule has 0 N–H and O–H groups in total. The molecule has 26 heavy (non-hydrogen) atoms. The van der Waals surface area contributed by atoms with Gasteiger partial charge in [0.25, 0.3) is 0 Å². The summed E-state index contributed by atoms with van der Waals surface area (Å²) in [7, 11) is 0. The molecule has 0 fully saturated rings. The highest BCUT2D eigenvalue weighted by Crippen LogP contribution is 2.32. The molecule has 1 aromatic carbocycles. The number of hydrogen-bond donors (Lipinski definition) is 0. The van der Waals surface area contributed by atoms with Gasteiger partial charge in [0.15, 0.2) is 5.78 Å². The zero-order chi connectivity index (χ0) is 18.3. The third-order valence-corrected chi connectivity index (χ3v) is 5.12. The van der Waals surface area contributed by atoms with Gasteiger partial charge < -0.3 is 4.74 Å². The van der Waals surface area contributed by atoms with Crippen LogP contribution >= 0.6 is 0 Å². The second kappa shape index (κ2) is 6.31. The smallest absolute Gasteiger partial charge is 0.339 e. The molecule has 0 atom stereocenters.